The monoisotopic (exact) mass is 282 g/mol. The Balaban J connectivity index is 1.77. The molecule has 4 nitrogen and oxygen atoms in total. The van der Waals surface area contributed by atoms with Crippen LogP contribution < -0.4 is 11.1 Å². The highest BCUT2D eigenvalue weighted by Crippen LogP contribution is 2.41. The van der Waals surface area contributed by atoms with E-state index in [4.69, 9.17) is 10.5 Å². The van der Waals surface area contributed by atoms with Crippen LogP contribution in [-0.4, -0.2) is 30.7 Å². The second-order valence-electron chi connectivity index (χ2n) is 7.39. The predicted molar refractivity (Wildman–Crippen MR) is 80.4 cm³/mol. The first-order valence-corrected chi connectivity index (χ1v) is 8.08. The Hall–Kier alpha value is -0.610. The Labute approximate surface area is 122 Å². The van der Waals surface area contributed by atoms with Gasteiger partial charge in [0.25, 0.3) is 0 Å². The predicted octanol–water partition coefficient (Wildman–Crippen LogP) is 2.36. The summed E-state index contributed by atoms with van der Waals surface area (Å²) in [7, 11) is 0. The number of amides is 1. The maximum atomic E-state index is 12.0. The molecular weight excluding hydrogens is 252 g/mol. The van der Waals surface area contributed by atoms with E-state index in [0.29, 0.717) is 18.0 Å². The normalized spacial score (nSPS) is 25.6. The van der Waals surface area contributed by atoms with E-state index >= 15 is 0 Å². The highest BCUT2D eigenvalue weighted by molar-refractivity contribution is 5.77. The SMILES string of the molecule is CC1(C)CCC(CN)(OCC(=O)NC2CCCC2)CC1. The molecule has 20 heavy (non-hydrogen) atoms. The van der Waals surface area contributed by atoms with Gasteiger partial charge in [-0.05, 0) is 43.9 Å². The molecule has 2 aliphatic carbocycles. The number of hydrogen-bond donors (Lipinski definition) is 2. The average Bonchev–Trinajstić information content (AvgIpc) is 2.91. The van der Waals surface area contributed by atoms with Crippen LogP contribution in [0.25, 0.3) is 0 Å². The number of hydrogen-bond acceptors (Lipinski definition) is 3. The Morgan fingerprint density at radius 2 is 1.80 bits per heavy atom. The number of nitrogens with two attached hydrogens (primary N) is 1. The molecule has 2 aliphatic rings. The van der Waals surface area contributed by atoms with Gasteiger partial charge in [0.2, 0.25) is 5.91 Å². The Bertz CT molecular complexity index is 325. The van der Waals surface area contributed by atoms with Crippen molar-refractivity contribution in [3.63, 3.8) is 0 Å². The minimum Gasteiger partial charge on any atom is -0.364 e. The molecule has 0 spiro atoms. The second-order valence-corrected chi connectivity index (χ2v) is 7.39. The third-order valence-electron chi connectivity index (χ3n) is 5.12. The van der Waals surface area contributed by atoms with Crippen LogP contribution >= 0.6 is 0 Å². The second kappa shape index (κ2) is 6.44. The molecule has 4 heteroatoms. The molecule has 0 unspecified atom stereocenters. The molecule has 2 rings (SSSR count). The first-order valence-electron chi connectivity index (χ1n) is 8.08. The van der Waals surface area contributed by atoms with Crippen LogP contribution in [0.1, 0.15) is 65.2 Å². The fourth-order valence-corrected chi connectivity index (χ4v) is 3.35. The zero-order valence-electron chi connectivity index (χ0n) is 13.0. The van der Waals surface area contributed by atoms with E-state index in [1.165, 1.54) is 12.8 Å². The van der Waals surface area contributed by atoms with Crippen LogP contribution in [0, 0.1) is 5.41 Å². The number of ether oxygens (including phenoxy) is 1. The van der Waals surface area contributed by atoms with Crippen molar-refractivity contribution >= 4 is 5.91 Å². The lowest BCUT2D eigenvalue weighted by Crippen LogP contribution is -2.48. The van der Waals surface area contributed by atoms with Crippen molar-refractivity contribution in [2.75, 3.05) is 13.2 Å². The highest BCUT2D eigenvalue weighted by atomic mass is 16.5. The van der Waals surface area contributed by atoms with E-state index < -0.39 is 0 Å². The van der Waals surface area contributed by atoms with Gasteiger partial charge < -0.3 is 15.8 Å². The first kappa shape index (κ1) is 15.8. The summed E-state index contributed by atoms with van der Waals surface area (Å²) < 4.78 is 5.95. The van der Waals surface area contributed by atoms with Crippen molar-refractivity contribution in [3.8, 4) is 0 Å². The molecule has 0 bridgehead atoms. The first-order chi connectivity index (χ1) is 9.45. The van der Waals surface area contributed by atoms with E-state index in [0.717, 1.165) is 38.5 Å². The Morgan fingerprint density at radius 1 is 1.20 bits per heavy atom. The molecular formula is C16H30N2O2. The van der Waals surface area contributed by atoms with Gasteiger partial charge in [-0.1, -0.05) is 26.7 Å². The van der Waals surface area contributed by atoms with Gasteiger partial charge >= 0.3 is 0 Å². The lowest BCUT2D eigenvalue weighted by Gasteiger charge is -2.42. The summed E-state index contributed by atoms with van der Waals surface area (Å²) in [5.74, 6) is 0.0227. The molecule has 0 saturated heterocycles. The van der Waals surface area contributed by atoms with E-state index in [2.05, 4.69) is 19.2 Å². The summed E-state index contributed by atoms with van der Waals surface area (Å²) in [6, 6.07) is 0.366. The van der Waals surface area contributed by atoms with Gasteiger partial charge in [0.1, 0.15) is 6.61 Å². The van der Waals surface area contributed by atoms with E-state index in [9.17, 15) is 4.79 Å². The third kappa shape index (κ3) is 4.19. The number of nitrogens with one attached hydrogen (secondary N) is 1. The molecule has 2 saturated carbocycles. The minimum atomic E-state index is -0.275. The summed E-state index contributed by atoms with van der Waals surface area (Å²) in [5, 5.41) is 3.07. The van der Waals surface area contributed by atoms with Gasteiger partial charge in [0.15, 0.2) is 0 Å². The lowest BCUT2D eigenvalue weighted by molar-refractivity contribution is -0.138. The fourth-order valence-electron chi connectivity index (χ4n) is 3.35. The summed E-state index contributed by atoms with van der Waals surface area (Å²) >= 11 is 0. The zero-order chi connectivity index (χ0) is 14.6. The van der Waals surface area contributed by atoms with Crippen molar-refractivity contribution < 1.29 is 9.53 Å². The summed E-state index contributed by atoms with van der Waals surface area (Å²) in [4.78, 5) is 12.0. The zero-order valence-corrected chi connectivity index (χ0v) is 13.0. The van der Waals surface area contributed by atoms with Crippen molar-refractivity contribution in [1.82, 2.24) is 5.32 Å². The van der Waals surface area contributed by atoms with Crippen LogP contribution in [0.5, 0.6) is 0 Å². The van der Waals surface area contributed by atoms with Gasteiger partial charge in [-0.3, -0.25) is 4.79 Å². The molecule has 1 amide bonds. The molecule has 0 aromatic heterocycles. The van der Waals surface area contributed by atoms with Crippen LogP contribution in [-0.2, 0) is 9.53 Å². The van der Waals surface area contributed by atoms with Crippen molar-refractivity contribution in [3.05, 3.63) is 0 Å². The highest BCUT2D eigenvalue weighted by Gasteiger charge is 2.38. The van der Waals surface area contributed by atoms with Gasteiger partial charge in [-0.2, -0.15) is 0 Å². The smallest absolute Gasteiger partial charge is 0.246 e. The number of carbonyl (C=O) groups is 1. The quantitative estimate of drug-likeness (QED) is 0.813. The fraction of sp³-hybridized carbons (Fsp3) is 0.938. The summed E-state index contributed by atoms with van der Waals surface area (Å²) in [5.41, 5.74) is 6.03. The summed E-state index contributed by atoms with van der Waals surface area (Å²) in [6.07, 6.45) is 8.86. The lowest BCUT2D eigenvalue weighted by atomic mass is 9.71. The Kier molecular flexibility index (Phi) is 5.08. The molecule has 3 N–H and O–H groups in total. The van der Waals surface area contributed by atoms with Crippen LogP contribution in [0.15, 0.2) is 0 Å². The van der Waals surface area contributed by atoms with Crippen LogP contribution in [0.4, 0.5) is 0 Å². The van der Waals surface area contributed by atoms with Gasteiger partial charge in [-0.25, -0.2) is 0 Å². The maximum absolute atomic E-state index is 12.0. The van der Waals surface area contributed by atoms with Crippen LogP contribution in [0.2, 0.25) is 0 Å². The molecule has 0 radical (unpaired) electrons. The average molecular weight is 282 g/mol. The van der Waals surface area contributed by atoms with Crippen molar-refractivity contribution in [2.45, 2.75) is 76.9 Å². The molecule has 2 fully saturated rings. The van der Waals surface area contributed by atoms with E-state index in [1.807, 2.05) is 0 Å². The van der Waals surface area contributed by atoms with Gasteiger partial charge in [-0.15, -0.1) is 0 Å². The molecule has 116 valence electrons. The summed E-state index contributed by atoms with van der Waals surface area (Å²) in [6.45, 7) is 5.26. The third-order valence-corrected chi connectivity index (χ3v) is 5.12. The molecule has 0 aliphatic heterocycles. The molecule has 0 aromatic carbocycles. The van der Waals surface area contributed by atoms with E-state index in [1.54, 1.807) is 0 Å². The largest absolute Gasteiger partial charge is 0.364 e. The van der Waals surface area contributed by atoms with Gasteiger partial charge in [0.05, 0.1) is 5.60 Å². The topological polar surface area (TPSA) is 64.3 Å². The number of carbonyl (C=O) groups excluding carboxylic acids is 1. The standard InChI is InChI=1S/C16H30N2O2/c1-15(2)7-9-16(12-17,10-8-15)20-11-14(19)18-13-5-3-4-6-13/h13H,3-12,17H2,1-2H3,(H,18,19). The van der Waals surface area contributed by atoms with E-state index in [-0.39, 0.29) is 18.1 Å². The van der Waals surface area contributed by atoms with Crippen LogP contribution in [0.3, 0.4) is 0 Å². The van der Waals surface area contributed by atoms with Crippen molar-refractivity contribution in [2.24, 2.45) is 11.1 Å². The molecule has 0 aromatic rings. The maximum Gasteiger partial charge on any atom is 0.246 e. The molecule has 0 heterocycles. The Morgan fingerprint density at radius 3 is 2.35 bits per heavy atom. The molecule has 0 atom stereocenters. The minimum absolute atomic E-state index is 0.0227. The number of rotatable bonds is 5. The van der Waals surface area contributed by atoms with Crippen molar-refractivity contribution in [1.29, 1.82) is 0 Å². The van der Waals surface area contributed by atoms with Gasteiger partial charge in [0, 0.05) is 12.6 Å².